The Hall–Kier alpha value is -2.66. The molecule has 0 bridgehead atoms. The fourth-order valence-electron chi connectivity index (χ4n) is 3.36. The van der Waals surface area contributed by atoms with E-state index in [1.165, 1.54) is 7.11 Å². The second-order valence-corrected chi connectivity index (χ2v) is 6.75. The molecule has 1 aliphatic rings. The molecule has 5 nitrogen and oxygen atoms in total. The molecule has 1 saturated heterocycles. The molecule has 2 aromatic carbocycles. The van der Waals surface area contributed by atoms with Gasteiger partial charge in [0.05, 0.1) is 12.7 Å². The van der Waals surface area contributed by atoms with E-state index in [0.29, 0.717) is 23.6 Å². The van der Waals surface area contributed by atoms with E-state index in [2.05, 4.69) is 5.32 Å². The molecule has 1 fully saturated rings. The van der Waals surface area contributed by atoms with E-state index in [1.807, 2.05) is 30.3 Å². The molecule has 1 unspecified atom stereocenters. The van der Waals surface area contributed by atoms with E-state index in [9.17, 15) is 9.59 Å². The molecular weight excluding hydrogens is 342 g/mol. The van der Waals surface area contributed by atoms with Crippen LogP contribution in [0.15, 0.2) is 48.5 Å². The first kappa shape index (κ1) is 19.1. The van der Waals surface area contributed by atoms with Gasteiger partial charge in [-0.05, 0) is 54.5 Å². The molecule has 0 saturated carbocycles. The minimum atomic E-state index is -0.392. The van der Waals surface area contributed by atoms with E-state index in [1.54, 1.807) is 18.2 Å². The van der Waals surface area contributed by atoms with Crippen LogP contribution >= 0.6 is 0 Å². The highest BCUT2D eigenvalue weighted by Crippen LogP contribution is 2.25. The van der Waals surface area contributed by atoms with Crippen LogP contribution in [0.5, 0.6) is 0 Å². The van der Waals surface area contributed by atoms with Crippen molar-refractivity contribution in [2.75, 3.05) is 26.9 Å². The second kappa shape index (κ2) is 9.33. The molecule has 1 amide bonds. The van der Waals surface area contributed by atoms with E-state index in [0.717, 1.165) is 43.6 Å². The van der Waals surface area contributed by atoms with Gasteiger partial charge in [0.1, 0.15) is 0 Å². The zero-order valence-corrected chi connectivity index (χ0v) is 15.6. The van der Waals surface area contributed by atoms with Gasteiger partial charge in [0, 0.05) is 25.3 Å². The Morgan fingerprint density at radius 2 is 2.04 bits per heavy atom. The molecule has 0 aliphatic carbocycles. The summed E-state index contributed by atoms with van der Waals surface area (Å²) < 4.78 is 10.2. The normalized spacial score (nSPS) is 16.1. The maximum atomic E-state index is 12.5. The Morgan fingerprint density at radius 3 is 2.81 bits per heavy atom. The topological polar surface area (TPSA) is 64.6 Å². The van der Waals surface area contributed by atoms with Crippen molar-refractivity contribution in [2.45, 2.75) is 19.3 Å². The number of amides is 1. The van der Waals surface area contributed by atoms with Gasteiger partial charge in [0.25, 0.3) is 5.91 Å². The molecule has 1 atom stereocenters. The second-order valence-electron chi connectivity index (χ2n) is 6.75. The lowest BCUT2D eigenvalue weighted by Gasteiger charge is -2.11. The molecule has 3 rings (SSSR count). The van der Waals surface area contributed by atoms with E-state index >= 15 is 0 Å². The number of methoxy groups -OCH3 is 1. The quantitative estimate of drug-likeness (QED) is 0.599. The smallest absolute Gasteiger partial charge is 0.338 e. The largest absolute Gasteiger partial charge is 0.465 e. The number of ether oxygens (including phenoxy) is 2. The summed E-state index contributed by atoms with van der Waals surface area (Å²) in [4.78, 5) is 24.5. The number of esters is 1. The van der Waals surface area contributed by atoms with Crippen molar-refractivity contribution in [1.29, 1.82) is 0 Å². The van der Waals surface area contributed by atoms with Crippen molar-refractivity contribution in [1.82, 2.24) is 5.32 Å². The van der Waals surface area contributed by atoms with Crippen molar-refractivity contribution in [3.8, 4) is 11.1 Å². The predicted molar refractivity (Wildman–Crippen MR) is 104 cm³/mol. The first-order chi connectivity index (χ1) is 13.2. The number of rotatable bonds is 7. The first-order valence-electron chi connectivity index (χ1n) is 9.32. The molecule has 0 aromatic heterocycles. The average Bonchev–Trinajstić information content (AvgIpc) is 3.24. The standard InChI is InChI=1S/C22H25NO4/c1-26-22(25)20-10-3-2-9-19(20)17-7-4-8-18(14-17)21(24)23-12-5-6-16-11-13-27-15-16/h2-4,7-10,14,16H,5-6,11-13,15H2,1H3,(H,23,24). The lowest BCUT2D eigenvalue weighted by molar-refractivity contribution is 0.0601. The highest BCUT2D eigenvalue weighted by Gasteiger charge is 2.16. The van der Waals surface area contributed by atoms with E-state index in [-0.39, 0.29) is 5.91 Å². The summed E-state index contributed by atoms with van der Waals surface area (Å²) in [5.74, 6) is 0.131. The Balaban J connectivity index is 1.65. The zero-order valence-electron chi connectivity index (χ0n) is 15.6. The van der Waals surface area contributed by atoms with Crippen molar-refractivity contribution in [3.63, 3.8) is 0 Å². The Labute approximate surface area is 159 Å². The summed E-state index contributed by atoms with van der Waals surface area (Å²) in [6.07, 6.45) is 3.15. The van der Waals surface area contributed by atoms with Gasteiger partial charge in [-0.2, -0.15) is 0 Å². The van der Waals surface area contributed by atoms with Gasteiger partial charge >= 0.3 is 5.97 Å². The Morgan fingerprint density at radius 1 is 1.19 bits per heavy atom. The number of nitrogens with one attached hydrogen (secondary N) is 1. The van der Waals surface area contributed by atoms with Crippen molar-refractivity contribution in [2.24, 2.45) is 5.92 Å². The van der Waals surface area contributed by atoms with Gasteiger partial charge < -0.3 is 14.8 Å². The molecule has 1 heterocycles. The summed E-state index contributed by atoms with van der Waals surface area (Å²) in [5, 5.41) is 2.98. The van der Waals surface area contributed by atoms with Crippen molar-refractivity contribution >= 4 is 11.9 Å². The fourth-order valence-corrected chi connectivity index (χ4v) is 3.36. The van der Waals surface area contributed by atoms with Gasteiger partial charge in [-0.3, -0.25) is 4.79 Å². The SMILES string of the molecule is COC(=O)c1ccccc1-c1cccc(C(=O)NCCCC2CCOC2)c1. The third kappa shape index (κ3) is 4.95. The van der Waals surface area contributed by atoms with Crippen LogP contribution in [0, 0.1) is 5.92 Å². The third-order valence-electron chi connectivity index (χ3n) is 4.87. The van der Waals surface area contributed by atoms with Crippen LogP contribution in [0.4, 0.5) is 0 Å². The zero-order chi connectivity index (χ0) is 19.1. The summed E-state index contributed by atoms with van der Waals surface area (Å²) in [6, 6.07) is 14.5. The summed E-state index contributed by atoms with van der Waals surface area (Å²) in [7, 11) is 1.36. The van der Waals surface area contributed by atoms with Crippen LogP contribution in [0.1, 0.15) is 40.0 Å². The number of carbonyl (C=O) groups is 2. The van der Waals surface area contributed by atoms with Crippen LogP contribution in [-0.2, 0) is 9.47 Å². The van der Waals surface area contributed by atoms with Crippen LogP contribution < -0.4 is 5.32 Å². The lowest BCUT2D eigenvalue weighted by Crippen LogP contribution is -2.24. The summed E-state index contributed by atoms with van der Waals surface area (Å²) in [6.45, 7) is 2.35. The fraction of sp³-hybridized carbons (Fsp3) is 0.364. The molecule has 1 aliphatic heterocycles. The van der Waals surface area contributed by atoms with E-state index < -0.39 is 5.97 Å². The highest BCUT2D eigenvalue weighted by atomic mass is 16.5. The molecule has 5 heteroatoms. The van der Waals surface area contributed by atoms with Gasteiger partial charge in [0.15, 0.2) is 0 Å². The summed E-state index contributed by atoms with van der Waals surface area (Å²) >= 11 is 0. The van der Waals surface area contributed by atoms with E-state index in [4.69, 9.17) is 9.47 Å². The predicted octanol–water partition coefficient (Wildman–Crippen LogP) is 3.69. The molecule has 0 spiro atoms. The molecule has 27 heavy (non-hydrogen) atoms. The maximum absolute atomic E-state index is 12.5. The molecule has 2 aromatic rings. The highest BCUT2D eigenvalue weighted by molar-refractivity contribution is 5.99. The van der Waals surface area contributed by atoms with Crippen LogP contribution in [0.2, 0.25) is 0 Å². The minimum Gasteiger partial charge on any atom is -0.465 e. The van der Waals surface area contributed by atoms with Crippen LogP contribution in [0.3, 0.4) is 0 Å². The van der Waals surface area contributed by atoms with Gasteiger partial charge in [-0.1, -0.05) is 30.3 Å². The molecule has 1 N–H and O–H groups in total. The Bertz CT molecular complexity index is 796. The third-order valence-corrected chi connectivity index (χ3v) is 4.87. The number of carbonyl (C=O) groups excluding carboxylic acids is 2. The summed E-state index contributed by atoms with van der Waals surface area (Å²) in [5.41, 5.74) is 2.62. The van der Waals surface area contributed by atoms with Crippen LogP contribution in [-0.4, -0.2) is 38.7 Å². The molecular formula is C22H25NO4. The minimum absolute atomic E-state index is 0.102. The number of hydrogen-bond donors (Lipinski definition) is 1. The van der Waals surface area contributed by atoms with Gasteiger partial charge in [-0.25, -0.2) is 4.79 Å². The van der Waals surface area contributed by atoms with Crippen molar-refractivity contribution < 1.29 is 19.1 Å². The lowest BCUT2D eigenvalue weighted by atomic mass is 9.98. The Kier molecular flexibility index (Phi) is 6.60. The van der Waals surface area contributed by atoms with Gasteiger partial charge in [-0.15, -0.1) is 0 Å². The maximum Gasteiger partial charge on any atom is 0.338 e. The monoisotopic (exact) mass is 367 g/mol. The first-order valence-corrected chi connectivity index (χ1v) is 9.32. The van der Waals surface area contributed by atoms with Crippen molar-refractivity contribution in [3.05, 3.63) is 59.7 Å². The number of benzene rings is 2. The van der Waals surface area contributed by atoms with Crippen LogP contribution in [0.25, 0.3) is 11.1 Å². The van der Waals surface area contributed by atoms with Gasteiger partial charge in [0.2, 0.25) is 0 Å². The average molecular weight is 367 g/mol. The molecule has 142 valence electrons. The number of hydrogen-bond acceptors (Lipinski definition) is 4. The molecule has 0 radical (unpaired) electrons.